The van der Waals surface area contributed by atoms with Crippen molar-refractivity contribution >= 4 is 23.5 Å². The smallest absolute Gasteiger partial charge is 0.321 e. The van der Waals surface area contributed by atoms with Crippen LogP contribution in [0.4, 0.5) is 26.6 Å². The third-order valence-corrected chi connectivity index (χ3v) is 5.87. The van der Waals surface area contributed by atoms with Crippen LogP contribution in [0.25, 0.3) is 0 Å². The second-order valence-corrected chi connectivity index (χ2v) is 8.03. The molecule has 1 aromatic heterocycles. The summed E-state index contributed by atoms with van der Waals surface area (Å²) >= 11 is 0. The van der Waals surface area contributed by atoms with Crippen LogP contribution in [-0.4, -0.2) is 60.2 Å². The Morgan fingerprint density at radius 2 is 1.70 bits per heavy atom. The number of rotatable bonds is 3. The SMILES string of the molecule is Cc1cc(N2CCN(C(=O)Nc3cccc(F)c3C)CC2)nc(N2CCCCC2)n1. The monoisotopic (exact) mass is 412 g/mol. The van der Waals surface area contributed by atoms with Gasteiger partial charge in [0.2, 0.25) is 5.95 Å². The Bertz CT molecular complexity index is 906. The Kier molecular flexibility index (Phi) is 6.01. The first-order valence-electron chi connectivity index (χ1n) is 10.7. The van der Waals surface area contributed by atoms with E-state index in [1.807, 2.05) is 13.0 Å². The second kappa shape index (κ2) is 8.85. The van der Waals surface area contributed by atoms with Gasteiger partial charge in [-0.1, -0.05) is 6.07 Å². The molecule has 0 saturated carbocycles. The molecule has 30 heavy (non-hydrogen) atoms. The van der Waals surface area contributed by atoms with E-state index in [2.05, 4.69) is 20.1 Å². The van der Waals surface area contributed by atoms with Gasteiger partial charge in [-0.25, -0.2) is 14.2 Å². The molecule has 4 rings (SSSR count). The fraction of sp³-hybridized carbons (Fsp3) is 0.500. The number of anilines is 3. The summed E-state index contributed by atoms with van der Waals surface area (Å²) in [5.74, 6) is 1.41. The van der Waals surface area contributed by atoms with Gasteiger partial charge in [-0.15, -0.1) is 0 Å². The molecule has 0 radical (unpaired) electrons. The maximum Gasteiger partial charge on any atom is 0.321 e. The van der Waals surface area contributed by atoms with Crippen molar-refractivity contribution < 1.29 is 9.18 Å². The molecular weight excluding hydrogens is 383 g/mol. The third-order valence-electron chi connectivity index (χ3n) is 5.87. The summed E-state index contributed by atoms with van der Waals surface area (Å²) in [5.41, 5.74) is 1.92. The molecule has 3 heterocycles. The van der Waals surface area contributed by atoms with E-state index < -0.39 is 0 Å². The number of carbonyl (C=O) groups excluding carboxylic acids is 1. The van der Waals surface area contributed by atoms with Gasteiger partial charge in [0, 0.05) is 62.3 Å². The molecule has 0 aliphatic carbocycles. The quantitative estimate of drug-likeness (QED) is 0.835. The standard InChI is InChI=1S/C22H29FN6O/c1-16-15-20(26-21(24-16)28-9-4-3-5-10-28)27-11-13-29(14-12-27)22(30)25-19-8-6-7-18(23)17(19)2/h6-8,15H,3-5,9-14H2,1-2H3,(H,25,30). The van der Waals surface area contributed by atoms with Crippen molar-refractivity contribution in [3.63, 3.8) is 0 Å². The summed E-state index contributed by atoms with van der Waals surface area (Å²) in [7, 11) is 0. The lowest BCUT2D eigenvalue weighted by Gasteiger charge is -2.36. The Hall–Kier alpha value is -2.90. The lowest BCUT2D eigenvalue weighted by Crippen LogP contribution is -2.50. The lowest BCUT2D eigenvalue weighted by atomic mass is 10.1. The van der Waals surface area contributed by atoms with Gasteiger partial charge >= 0.3 is 6.03 Å². The van der Waals surface area contributed by atoms with Gasteiger partial charge in [0.25, 0.3) is 0 Å². The fourth-order valence-electron chi connectivity index (χ4n) is 4.01. The van der Waals surface area contributed by atoms with Crippen LogP contribution < -0.4 is 15.1 Å². The van der Waals surface area contributed by atoms with Crippen LogP contribution in [-0.2, 0) is 0 Å². The summed E-state index contributed by atoms with van der Waals surface area (Å²) in [6.45, 7) is 8.26. The number of aromatic nitrogens is 2. The van der Waals surface area contributed by atoms with Crippen molar-refractivity contribution in [2.75, 3.05) is 54.4 Å². The molecule has 1 N–H and O–H groups in total. The number of benzene rings is 1. The number of urea groups is 1. The predicted octanol–water partition coefficient (Wildman–Crippen LogP) is 3.58. The molecule has 0 unspecified atom stereocenters. The normalized spacial score (nSPS) is 17.2. The molecule has 2 aliphatic heterocycles. The molecule has 0 spiro atoms. The predicted molar refractivity (Wildman–Crippen MR) is 117 cm³/mol. The highest BCUT2D eigenvalue weighted by molar-refractivity contribution is 5.90. The number of halogens is 1. The Labute approximate surface area is 176 Å². The van der Waals surface area contributed by atoms with Gasteiger partial charge in [-0.05, 0) is 45.2 Å². The minimum atomic E-state index is -0.318. The summed E-state index contributed by atoms with van der Waals surface area (Å²) in [4.78, 5) is 28.3. The average molecular weight is 413 g/mol. The topological polar surface area (TPSA) is 64.6 Å². The molecule has 2 saturated heterocycles. The molecule has 0 atom stereocenters. The Morgan fingerprint density at radius 3 is 2.43 bits per heavy atom. The number of nitrogens with zero attached hydrogens (tertiary/aromatic N) is 5. The first-order valence-corrected chi connectivity index (χ1v) is 10.7. The van der Waals surface area contributed by atoms with E-state index in [9.17, 15) is 9.18 Å². The van der Waals surface area contributed by atoms with Crippen molar-refractivity contribution in [2.24, 2.45) is 0 Å². The van der Waals surface area contributed by atoms with E-state index in [1.165, 1.54) is 25.3 Å². The van der Waals surface area contributed by atoms with Crippen molar-refractivity contribution in [3.8, 4) is 0 Å². The summed E-state index contributed by atoms with van der Waals surface area (Å²) in [6.07, 6.45) is 3.64. The van der Waals surface area contributed by atoms with Gasteiger partial charge in [0.05, 0.1) is 0 Å². The van der Waals surface area contributed by atoms with Crippen molar-refractivity contribution in [1.29, 1.82) is 0 Å². The summed E-state index contributed by atoms with van der Waals surface area (Å²) in [5, 5.41) is 2.83. The molecule has 2 aliphatic rings. The number of amides is 2. The number of hydrogen-bond donors (Lipinski definition) is 1. The molecule has 1 aromatic carbocycles. The number of aryl methyl sites for hydroxylation is 1. The zero-order valence-corrected chi connectivity index (χ0v) is 17.7. The molecule has 2 aromatic rings. The molecule has 8 heteroatoms. The number of piperazine rings is 1. The molecule has 7 nitrogen and oxygen atoms in total. The Morgan fingerprint density at radius 1 is 0.967 bits per heavy atom. The van der Waals surface area contributed by atoms with Crippen LogP contribution in [0, 0.1) is 19.7 Å². The first-order chi connectivity index (χ1) is 14.5. The van der Waals surface area contributed by atoms with Crippen LogP contribution in [0.5, 0.6) is 0 Å². The summed E-state index contributed by atoms with van der Waals surface area (Å²) < 4.78 is 13.7. The van der Waals surface area contributed by atoms with E-state index in [-0.39, 0.29) is 11.8 Å². The van der Waals surface area contributed by atoms with Crippen LogP contribution in [0.1, 0.15) is 30.5 Å². The van der Waals surface area contributed by atoms with E-state index >= 15 is 0 Å². The third kappa shape index (κ3) is 4.47. The zero-order chi connectivity index (χ0) is 21.1. The number of carbonyl (C=O) groups is 1. The van der Waals surface area contributed by atoms with E-state index in [1.54, 1.807) is 24.0 Å². The highest BCUT2D eigenvalue weighted by Gasteiger charge is 2.24. The first kappa shape index (κ1) is 20.4. The van der Waals surface area contributed by atoms with E-state index in [0.29, 0.717) is 37.4 Å². The zero-order valence-electron chi connectivity index (χ0n) is 17.7. The number of nitrogens with one attached hydrogen (secondary N) is 1. The maximum atomic E-state index is 13.7. The summed E-state index contributed by atoms with van der Waals surface area (Å²) in [6, 6.07) is 6.53. The van der Waals surface area contributed by atoms with Crippen molar-refractivity contribution in [2.45, 2.75) is 33.1 Å². The lowest BCUT2D eigenvalue weighted by molar-refractivity contribution is 0.208. The van der Waals surface area contributed by atoms with Crippen LogP contribution in [0.2, 0.25) is 0 Å². The molecule has 0 bridgehead atoms. The second-order valence-electron chi connectivity index (χ2n) is 8.03. The highest BCUT2D eigenvalue weighted by Crippen LogP contribution is 2.22. The number of hydrogen-bond acceptors (Lipinski definition) is 5. The maximum absolute atomic E-state index is 13.7. The van der Waals surface area contributed by atoms with Gasteiger partial charge < -0.3 is 20.0 Å². The van der Waals surface area contributed by atoms with Crippen molar-refractivity contribution in [3.05, 3.63) is 41.3 Å². The number of piperidine rings is 1. The van der Waals surface area contributed by atoms with Gasteiger partial charge in [-0.3, -0.25) is 0 Å². The average Bonchev–Trinajstić information content (AvgIpc) is 2.77. The molecular formula is C22H29FN6O. The van der Waals surface area contributed by atoms with Crippen LogP contribution in [0.3, 0.4) is 0 Å². The van der Waals surface area contributed by atoms with E-state index in [4.69, 9.17) is 4.98 Å². The molecule has 2 fully saturated rings. The molecule has 2 amide bonds. The minimum Gasteiger partial charge on any atom is -0.353 e. The fourth-order valence-corrected chi connectivity index (χ4v) is 4.01. The van der Waals surface area contributed by atoms with E-state index in [0.717, 1.165) is 30.5 Å². The van der Waals surface area contributed by atoms with Gasteiger partial charge in [0.15, 0.2) is 0 Å². The Balaban J connectivity index is 1.39. The van der Waals surface area contributed by atoms with Crippen LogP contribution in [0.15, 0.2) is 24.3 Å². The van der Waals surface area contributed by atoms with Crippen LogP contribution >= 0.6 is 0 Å². The molecule has 160 valence electrons. The minimum absolute atomic E-state index is 0.198. The van der Waals surface area contributed by atoms with Gasteiger partial charge in [-0.2, -0.15) is 4.98 Å². The van der Waals surface area contributed by atoms with Gasteiger partial charge in [0.1, 0.15) is 11.6 Å². The highest BCUT2D eigenvalue weighted by atomic mass is 19.1. The van der Waals surface area contributed by atoms with Crippen molar-refractivity contribution in [1.82, 2.24) is 14.9 Å². The largest absolute Gasteiger partial charge is 0.353 e.